The van der Waals surface area contributed by atoms with Gasteiger partial charge in [0.1, 0.15) is 5.69 Å². The van der Waals surface area contributed by atoms with Gasteiger partial charge in [-0.3, -0.25) is 9.89 Å². The molecule has 0 aromatic carbocycles. The standard InChI is InChI=1S/C10H17N3O/c1-6(11)9(14)7-5-8(13-12-7)10(2,3)4/h5-6H,11H2,1-4H3,(H,12,13). The summed E-state index contributed by atoms with van der Waals surface area (Å²) in [6.45, 7) is 7.83. The first-order valence-corrected chi connectivity index (χ1v) is 4.68. The van der Waals surface area contributed by atoms with Crippen molar-refractivity contribution in [2.24, 2.45) is 5.73 Å². The summed E-state index contributed by atoms with van der Waals surface area (Å²) in [4.78, 5) is 11.5. The number of aromatic amines is 1. The Morgan fingerprint density at radius 1 is 1.57 bits per heavy atom. The van der Waals surface area contributed by atoms with Crippen molar-refractivity contribution in [1.82, 2.24) is 10.2 Å². The van der Waals surface area contributed by atoms with E-state index in [2.05, 4.69) is 31.0 Å². The Morgan fingerprint density at radius 2 is 2.14 bits per heavy atom. The molecule has 1 heterocycles. The molecule has 0 radical (unpaired) electrons. The van der Waals surface area contributed by atoms with Crippen molar-refractivity contribution in [2.75, 3.05) is 0 Å². The molecule has 0 bridgehead atoms. The molecular formula is C10H17N3O. The molecule has 1 atom stereocenters. The smallest absolute Gasteiger partial charge is 0.199 e. The fourth-order valence-electron chi connectivity index (χ4n) is 1.07. The van der Waals surface area contributed by atoms with E-state index in [0.717, 1.165) is 5.69 Å². The minimum absolute atomic E-state index is 0.0244. The molecule has 0 aliphatic carbocycles. The van der Waals surface area contributed by atoms with Crippen molar-refractivity contribution >= 4 is 5.78 Å². The van der Waals surface area contributed by atoms with E-state index in [0.29, 0.717) is 5.69 Å². The summed E-state index contributed by atoms with van der Waals surface area (Å²) in [5.41, 5.74) is 6.83. The highest BCUT2D eigenvalue weighted by Crippen LogP contribution is 2.20. The number of hydrogen-bond donors (Lipinski definition) is 2. The first kappa shape index (κ1) is 10.9. The molecule has 0 aliphatic heterocycles. The van der Waals surface area contributed by atoms with E-state index in [1.807, 2.05) is 0 Å². The van der Waals surface area contributed by atoms with E-state index in [1.54, 1.807) is 13.0 Å². The van der Waals surface area contributed by atoms with Gasteiger partial charge in [-0.15, -0.1) is 0 Å². The number of ketones is 1. The van der Waals surface area contributed by atoms with Crippen LogP contribution in [0.25, 0.3) is 0 Å². The fourth-order valence-corrected chi connectivity index (χ4v) is 1.07. The molecule has 0 saturated heterocycles. The number of rotatable bonds is 2. The maximum Gasteiger partial charge on any atom is 0.199 e. The second-order valence-electron chi connectivity index (χ2n) is 4.57. The number of carbonyl (C=O) groups excluding carboxylic acids is 1. The van der Waals surface area contributed by atoms with Crippen LogP contribution in [0.4, 0.5) is 0 Å². The number of nitrogens with two attached hydrogens (primary N) is 1. The summed E-state index contributed by atoms with van der Waals surface area (Å²) in [7, 11) is 0. The molecule has 1 aromatic heterocycles. The molecule has 0 aliphatic rings. The highest BCUT2D eigenvalue weighted by molar-refractivity contribution is 5.98. The fraction of sp³-hybridized carbons (Fsp3) is 0.600. The van der Waals surface area contributed by atoms with E-state index in [9.17, 15) is 4.79 Å². The van der Waals surface area contributed by atoms with Gasteiger partial charge in [0, 0.05) is 11.1 Å². The van der Waals surface area contributed by atoms with Crippen LogP contribution in [-0.2, 0) is 5.41 Å². The van der Waals surface area contributed by atoms with Gasteiger partial charge in [-0.25, -0.2) is 0 Å². The van der Waals surface area contributed by atoms with Gasteiger partial charge in [-0.1, -0.05) is 20.8 Å². The third-order valence-electron chi connectivity index (χ3n) is 2.05. The summed E-state index contributed by atoms with van der Waals surface area (Å²) in [6, 6.07) is 1.28. The van der Waals surface area contributed by atoms with Gasteiger partial charge in [0.15, 0.2) is 5.78 Å². The van der Waals surface area contributed by atoms with Crippen LogP contribution in [0.3, 0.4) is 0 Å². The Morgan fingerprint density at radius 3 is 2.50 bits per heavy atom. The lowest BCUT2D eigenvalue weighted by molar-refractivity contribution is 0.0963. The highest BCUT2D eigenvalue weighted by atomic mass is 16.1. The average Bonchev–Trinajstić information content (AvgIpc) is 2.49. The number of aromatic nitrogens is 2. The first-order valence-electron chi connectivity index (χ1n) is 4.68. The number of carbonyl (C=O) groups is 1. The van der Waals surface area contributed by atoms with Gasteiger partial charge in [-0.2, -0.15) is 5.10 Å². The average molecular weight is 195 g/mol. The summed E-state index contributed by atoms with van der Waals surface area (Å²) < 4.78 is 0. The van der Waals surface area contributed by atoms with Gasteiger partial charge in [-0.05, 0) is 13.0 Å². The Kier molecular flexibility index (Phi) is 2.76. The SMILES string of the molecule is CC(N)C(=O)c1cc(C(C)(C)C)[nH]n1. The largest absolute Gasteiger partial charge is 0.321 e. The summed E-state index contributed by atoms with van der Waals surface area (Å²) >= 11 is 0. The van der Waals surface area contributed by atoms with Crippen LogP contribution in [0.1, 0.15) is 43.9 Å². The van der Waals surface area contributed by atoms with Crippen LogP contribution in [0.2, 0.25) is 0 Å². The molecule has 0 saturated carbocycles. The third kappa shape index (κ3) is 2.20. The van der Waals surface area contributed by atoms with Crippen molar-refractivity contribution < 1.29 is 4.79 Å². The maximum absolute atomic E-state index is 11.5. The lowest BCUT2D eigenvalue weighted by Crippen LogP contribution is -2.26. The molecule has 1 unspecified atom stereocenters. The molecule has 14 heavy (non-hydrogen) atoms. The van der Waals surface area contributed by atoms with Crippen LogP contribution in [0, 0.1) is 0 Å². The van der Waals surface area contributed by atoms with Crippen LogP contribution < -0.4 is 5.73 Å². The summed E-state index contributed by atoms with van der Waals surface area (Å²) in [5.74, 6) is -0.128. The van der Waals surface area contributed by atoms with Crippen LogP contribution in [-0.4, -0.2) is 22.0 Å². The minimum Gasteiger partial charge on any atom is -0.321 e. The van der Waals surface area contributed by atoms with Crippen molar-refractivity contribution in [3.05, 3.63) is 17.5 Å². The van der Waals surface area contributed by atoms with E-state index in [-0.39, 0.29) is 11.2 Å². The maximum atomic E-state index is 11.5. The minimum atomic E-state index is -0.494. The van der Waals surface area contributed by atoms with Gasteiger partial charge < -0.3 is 5.73 Å². The van der Waals surface area contributed by atoms with Crippen molar-refractivity contribution in [3.63, 3.8) is 0 Å². The zero-order chi connectivity index (χ0) is 10.9. The van der Waals surface area contributed by atoms with Crippen LogP contribution in [0.5, 0.6) is 0 Å². The van der Waals surface area contributed by atoms with E-state index in [4.69, 9.17) is 5.73 Å². The summed E-state index contributed by atoms with van der Waals surface area (Å²) in [5, 5.41) is 6.80. The lowest BCUT2D eigenvalue weighted by atomic mass is 9.92. The quantitative estimate of drug-likeness (QED) is 0.697. The Hall–Kier alpha value is -1.16. The number of nitrogens with one attached hydrogen (secondary N) is 1. The Labute approximate surface area is 83.9 Å². The molecular weight excluding hydrogens is 178 g/mol. The lowest BCUT2D eigenvalue weighted by Gasteiger charge is -2.14. The zero-order valence-corrected chi connectivity index (χ0v) is 9.09. The molecule has 0 spiro atoms. The molecule has 1 rings (SSSR count). The predicted molar refractivity (Wildman–Crippen MR) is 55.3 cm³/mol. The normalized spacial score (nSPS) is 14.1. The van der Waals surface area contributed by atoms with Crippen molar-refractivity contribution in [3.8, 4) is 0 Å². The second-order valence-corrected chi connectivity index (χ2v) is 4.57. The Bertz CT molecular complexity index is 333. The van der Waals surface area contributed by atoms with Gasteiger partial charge >= 0.3 is 0 Å². The topological polar surface area (TPSA) is 71.8 Å². The monoisotopic (exact) mass is 195 g/mol. The van der Waals surface area contributed by atoms with Crippen molar-refractivity contribution in [2.45, 2.75) is 39.2 Å². The summed E-state index contributed by atoms with van der Waals surface area (Å²) in [6.07, 6.45) is 0. The first-order chi connectivity index (χ1) is 6.32. The zero-order valence-electron chi connectivity index (χ0n) is 9.09. The van der Waals surface area contributed by atoms with Gasteiger partial charge in [0.2, 0.25) is 0 Å². The number of nitrogens with zero attached hydrogens (tertiary/aromatic N) is 1. The number of Topliss-reactive ketones (excluding diaryl/α,β-unsaturated/α-hetero) is 1. The molecule has 0 amide bonds. The van der Waals surface area contributed by atoms with Gasteiger partial charge in [0.05, 0.1) is 6.04 Å². The third-order valence-corrected chi connectivity index (χ3v) is 2.05. The van der Waals surface area contributed by atoms with Crippen LogP contribution in [0.15, 0.2) is 6.07 Å². The van der Waals surface area contributed by atoms with E-state index in [1.165, 1.54) is 0 Å². The molecule has 3 N–H and O–H groups in total. The van der Waals surface area contributed by atoms with E-state index < -0.39 is 6.04 Å². The highest BCUT2D eigenvalue weighted by Gasteiger charge is 2.20. The number of H-pyrrole nitrogens is 1. The van der Waals surface area contributed by atoms with Crippen LogP contribution >= 0.6 is 0 Å². The van der Waals surface area contributed by atoms with Gasteiger partial charge in [0.25, 0.3) is 0 Å². The molecule has 4 heteroatoms. The van der Waals surface area contributed by atoms with E-state index >= 15 is 0 Å². The molecule has 78 valence electrons. The Balaban J connectivity index is 2.95. The molecule has 4 nitrogen and oxygen atoms in total. The number of hydrogen-bond acceptors (Lipinski definition) is 3. The molecule has 0 fully saturated rings. The predicted octanol–water partition coefficient (Wildman–Crippen LogP) is 1.24. The second kappa shape index (κ2) is 3.53. The molecule has 1 aromatic rings. The van der Waals surface area contributed by atoms with Crippen molar-refractivity contribution in [1.29, 1.82) is 0 Å².